The number of hydrogen-bond donors (Lipinski definition) is 1. The van der Waals surface area contributed by atoms with Crippen LogP contribution in [0.25, 0.3) is 0 Å². The standard InChI is InChI=1S/C13H19NO2.ClH/c1-10-8-14-13(16-9-10)7-11-4-3-5-12(6-11)15-2;/h3-6,10,13-14H,7-9H2,1-2H3;1H. The number of nitrogens with one attached hydrogen (secondary N) is 1. The van der Waals surface area contributed by atoms with Crippen molar-refractivity contribution >= 4 is 12.4 Å². The number of rotatable bonds is 3. The molecule has 1 aromatic rings. The molecule has 1 saturated heterocycles. The van der Waals surface area contributed by atoms with Gasteiger partial charge >= 0.3 is 0 Å². The van der Waals surface area contributed by atoms with E-state index in [9.17, 15) is 0 Å². The van der Waals surface area contributed by atoms with Crippen LogP contribution in [0.3, 0.4) is 0 Å². The molecule has 0 radical (unpaired) electrons. The summed E-state index contributed by atoms with van der Waals surface area (Å²) in [5.74, 6) is 1.52. The van der Waals surface area contributed by atoms with E-state index in [1.54, 1.807) is 7.11 Å². The SMILES string of the molecule is COc1cccc(CC2NCC(C)CO2)c1.Cl. The summed E-state index contributed by atoms with van der Waals surface area (Å²) in [4.78, 5) is 0. The van der Waals surface area contributed by atoms with Crippen molar-refractivity contribution in [2.75, 3.05) is 20.3 Å². The van der Waals surface area contributed by atoms with Gasteiger partial charge in [-0.15, -0.1) is 12.4 Å². The molecule has 0 saturated carbocycles. The summed E-state index contributed by atoms with van der Waals surface area (Å²) in [6, 6.07) is 8.13. The van der Waals surface area contributed by atoms with Gasteiger partial charge in [0.1, 0.15) is 12.0 Å². The number of hydrogen-bond acceptors (Lipinski definition) is 3. The van der Waals surface area contributed by atoms with Gasteiger partial charge in [-0.3, -0.25) is 5.32 Å². The van der Waals surface area contributed by atoms with Crippen molar-refractivity contribution in [1.29, 1.82) is 0 Å². The second kappa shape index (κ2) is 6.84. The van der Waals surface area contributed by atoms with Crippen molar-refractivity contribution in [2.45, 2.75) is 19.6 Å². The van der Waals surface area contributed by atoms with Crippen molar-refractivity contribution in [1.82, 2.24) is 5.32 Å². The van der Waals surface area contributed by atoms with E-state index < -0.39 is 0 Å². The van der Waals surface area contributed by atoms with E-state index in [2.05, 4.69) is 24.4 Å². The summed E-state index contributed by atoms with van der Waals surface area (Å²) in [5.41, 5.74) is 1.24. The normalized spacial score (nSPS) is 23.9. The van der Waals surface area contributed by atoms with Crippen molar-refractivity contribution < 1.29 is 9.47 Å². The zero-order valence-corrected chi connectivity index (χ0v) is 11.1. The summed E-state index contributed by atoms with van der Waals surface area (Å²) in [5, 5.41) is 3.39. The van der Waals surface area contributed by atoms with Gasteiger partial charge in [-0.2, -0.15) is 0 Å². The third kappa shape index (κ3) is 4.19. The Balaban J connectivity index is 0.00000144. The first-order valence-corrected chi connectivity index (χ1v) is 5.76. The largest absolute Gasteiger partial charge is 0.497 e. The van der Waals surface area contributed by atoms with E-state index in [-0.39, 0.29) is 18.6 Å². The molecule has 0 spiro atoms. The molecule has 0 aromatic heterocycles. The highest BCUT2D eigenvalue weighted by molar-refractivity contribution is 5.85. The van der Waals surface area contributed by atoms with Crippen LogP contribution in [0.15, 0.2) is 24.3 Å². The molecule has 4 heteroatoms. The fraction of sp³-hybridized carbons (Fsp3) is 0.538. The van der Waals surface area contributed by atoms with Crippen LogP contribution in [0.1, 0.15) is 12.5 Å². The number of benzene rings is 1. The van der Waals surface area contributed by atoms with Gasteiger partial charge in [0.05, 0.1) is 13.7 Å². The molecule has 3 nitrogen and oxygen atoms in total. The molecule has 1 aliphatic rings. The highest BCUT2D eigenvalue weighted by atomic mass is 35.5. The highest BCUT2D eigenvalue weighted by Gasteiger charge is 2.17. The number of ether oxygens (including phenoxy) is 2. The van der Waals surface area contributed by atoms with Crippen LogP contribution in [0.2, 0.25) is 0 Å². The summed E-state index contributed by atoms with van der Waals surface area (Å²) >= 11 is 0. The Bertz CT molecular complexity index is 338. The zero-order valence-electron chi connectivity index (χ0n) is 10.3. The smallest absolute Gasteiger partial charge is 0.119 e. The number of methoxy groups -OCH3 is 1. The van der Waals surface area contributed by atoms with E-state index in [4.69, 9.17) is 9.47 Å². The zero-order chi connectivity index (χ0) is 11.4. The molecule has 1 fully saturated rings. The Morgan fingerprint density at radius 3 is 2.94 bits per heavy atom. The monoisotopic (exact) mass is 257 g/mol. The quantitative estimate of drug-likeness (QED) is 0.901. The lowest BCUT2D eigenvalue weighted by Crippen LogP contribution is -2.43. The molecular weight excluding hydrogens is 238 g/mol. The molecule has 1 aromatic carbocycles. The fourth-order valence-electron chi connectivity index (χ4n) is 1.88. The lowest BCUT2D eigenvalue weighted by atomic mass is 10.1. The van der Waals surface area contributed by atoms with Crippen LogP contribution in [-0.2, 0) is 11.2 Å². The van der Waals surface area contributed by atoms with E-state index in [0.717, 1.165) is 25.3 Å². The summed E-state index contributed by atoms with van der Waals surface area (Å²) in [6.07, 6.45) is 1.03. The third-order valence-corrected chi connectivity index (χ3v) is 2.83. The molecule has 2 unspecified atom stereocenters. The first kappa shape index (κ1) is 14.3. The van der Waals surface area contributed by atoms with E-state index in [1.807, 2.05) is 12.1 Å². The molecule has 0 aliphatic carbocycles. The summed E-state index contributed by atoms with van der Waals surface area (Å²) < 4.78 is 10.9. The van der Waals surface area contributed by atoms with E-state index in [1.165, 1.54) is 5.56 Å². The van der Waals surface area contributed by atoms with Gasteiger partial charge in [-0.1, -0.05) is 19.1 Å². The van der Waals surface area contributed by atoms with Gasteiger partial charge in [0, 0.05) is 13.0 Å². The molecule has 96 valence electrons. The average molecular weight is 258 g/mol. The minimum absolute atomic E-state index is 0. The van der Waals surface area contributed by atoms with Crippen LogP contribution in [-0.4, -0.2) is 26.5 Å². The second-order valence-corrected chi connectivity index (χ2v) is 4.39. The first-order chi connectivity index (χ1) is 7.78. The molecule has 1 aliphatic heterocycles. The number of halogens is 1. The maximum atomic E-state index is 5.72. The van der Waals surface area contributed by atoms with Crippen molar-refractivity contribution in [3.8, 4) is 5.75 Å². The molecule has 0 bridgehead atoms. The molecule has 17 heavy (non-hydrogen) atoms. The predicted molar refractivity (Wildman–Crippen MR) is 70.9 cm³/mol. The summed E-state index contributed by atoms with van der Waals surface area (Å²) in [6.45, 7) is 4.07. The first-order valence-electron chi connectivity index (χ1n) is 5.76. The van der Waals surface area contributed by atoms with Crippen molar-refractivity contribution in [2.24, 2.45) is 5.92 Å². The Morgan fingerprint density at radius 1 is 1.47 bits per heavy atom. The van der Waals surface area contributed by atoms with Crippen LogP contribution in [0, 0.1) is 5.92 Å². The minimum atomic E-state index is 0. The van der Waals surface area contributed by atoms with Crippen LogP contribution in [0.5, 0.6) is 5.75 Å². The van der Waals surface area contributed by atoms with Crippen LogP contribution < -0.4 is 10.1 Å². The van der Waals surface area contributed by atoms with Gasteiger partial charge in [-0.05, 0) is 23.6 Å². The van der Waals surface area contributed by atoms with Crippen LogP contribution >= 0.6 is 12.4 Å². The Hall–Kier alpha value is -0.770. The maximum Gasteiger partial charge on any atom is 0.119 e. The van der Waals surface area contributed by atoms with Crippen LogP contribution in [0.4, 0.5) is 0 Å². The molecule has 1 heterocycles. The van der Waals surface area contributed by atoms with Gasteiger partial charge < -0.3 is 9.47 Å². The summed E-state index contributed by atoms with van der Waals surface area (Å²) in [7, 11) is 1.69. The van der Waals surface area contributed by atoms with Crippen molar-refractivity contribution in [3.05, 3.63) is 29.8 Å². The van der Waals surface area contributed by atoms with Gasteiger partial charge in [0.15, 0.2) is 0 Å². The molecule has 0 amide bonds. The lowest BCUT2D eigenvalue weighted by molar-refractivity contribution is -0.0228. The molecule has 1 N–H and O–H groups in total. The highest BCUT2D eigenvalue weighted by Crippen LogP contribution is 2.15. The third-order valence-electron chi connectivity index (χ3n) is 2.83. The Labute approximate surface area is 109 Å². The minimum Gasteiger partial charge on any atom is -0.497 e. The average Bonchev–Trinajstić information content (AvgIpc) is 2.32. The van der Waals surface area contributed by atoms with E-state index in [0.29, 0.717) is 5.92 Å². The molecule has 2 atom stereocenters. The topological polar surface area (TPSA) is 30.5 Å². The maximum absolute atomic E-state index is 5.72. The predicted octanol–water partition coefficient (Wildman–Crippen LogP) is 2.24. The second-order valence-electron chi connectivity index (χ2n) is 4.39. The Morgan fingerprint density at radius 2 is 2.29 bits per heavy atom. The Kier molecular flexibility index (Phi) is 5.75. The van der Waals surface area contributed by atoms with E-state index >= 15 is 0 Å². The van der Waals surface area contributed by atoms with Crippen molar-refractivity contribution in [3.63, 3.8) is 0 Å². The van der Waals surface area contributed by atoms with Gasteiger partial charge in [0.25, 0.3) is 0 Å². The van der Waals surface area contributed by atoms with Gasteiger partial charge in [0.2, 0.25) is 0 Å². The fourth-order valence-corrected chi connectivity index (χ4v) is 1.88. The lowest BCUT2D eigenvalue weighted by Gasteiger charge is -2.28. The molecule has 2 rings (SSSR count). The molecular formula is C13H20ClNO2. The van der Waals surface area contributed by atoms with Gasteiger partial charge in [-0.25, -0.2) is 0 Å².